The van der Waals surface area contributed by atoms with Crippen molar-refractivity contribution >= 4 is 18.0 Å². The van der Waals surface area contributed by atoms with Crippen LogP contribution in [-0.4, -0.2) is 40.2 Å². The highest BCUT2D eigenvalue weighted by Crippen LogP contribution is 2.35. The summed E-state index contributed by atoms with van der Waals surface area (Å²) >= 11 is 0. The summed E-state index contributed by atoms with van der Waals surface area (Å²) in [5, 5.41) is 9.31. The molecule has 1 aromatic heterocycles. The van der Waals surface area contributed by atoms with E-state index in [0.717, 1.165) is 6.07 Å². The number of aliphatic imine (C=N–C) groups is 1. The summed E-state index contributed by atoms with van der Waals surface area (Å²) in [6.07, 6.45) is 0.894. The minimum absolute atomic E-state index is 0.0701. The van der Waals surface area contributed by atoms with Gasteiger partial charge in [0, 0.05) is 30.0 Å². The molecule has 6 nitrogen and oxygen atoms in total. The van der Waals surface area contributed by atoms with Gasteiger partial charge in [0.05, 0.1) is 23.3 Å². The van der Waals surface area contributed by atoms with E-state index in [2.05, 4.69) is 9.98 Å². The van der Waals surface area contributed by atoms with Gasteiger partial charge in [0.15, 0.2) is 5.78 Å². The maximum atomic E-state index is 14.7. The molecule has 4 rings (SSSR count). The number of aromatic carboxylic acids is 1. The van der Waals surface area contributed by atoms with Crippen molar-refractivity contribution in [2.75, 3.05) is 6.61 Å². The first kappa shape index (κ1) is 25.7. The summed E-state index contributed by atoms with van der Waals surface area (Å²) in [5.74, 6) is -3.05. The van der Waals surface area contributed by atoms with Crippen molar-refractivity contribution < 1.29 is 37.0 Å². The van der Waals surface area contributed by atoms with Gasteiger partial charge in [-0.1, -0.05) is 12.1 Å². The van der Waals surface area contributed by atoms with Crippen LogP contribution in [0.2, 0.25) is 0 Å². The van der Waals surface area contributed by atoms with Crippen LogP contribution in [-0.2, 0) is 12.6 Å². The van der Waals surface area contributed by atoms with Gasteiger partial charge in [-0.15, -0.1) is 0 Å². The maximum Gasteiger partial charge on any atom is 0.416 e. The number of carboxylic acid groups (broad SMARTS) is 1. The fourth-order valence-corrected chi connectivity index (χ4v) is 4.02. The number of alkyl halides is 3. The molecule has 3 aromatic rings. The highest BCUT2D eigenvalue weighted by atomic mass is 19.4. The van der Waals surface area contributed by atoms with E-state index >= 15 is 0 Å². The van der Waals surface area contributed by atoms with Crippen molar-refractivity contribution in [3.8, 4) is 17.0 Å². The van der Waals surface area contributed by atoms with Crippen molar-refractivity contribution in [3.63, 3.8) is 0 Å². The molecule has 0 fully saturated rings. The first-order valence-corrected chi connectivity index (χ1v) is 11.1. The normalized spacial score (nSPS) is 16.7. The van der Waals surface area contributed by atoms with E-state index in [0.29, 0.717) is 22.8 Å². The number of allylic oxidation sites excluding steroid dienone is 1. The summed E-state index contributed by atoms with van der Waals surface area (Å²) in [7, 11) is 0. The second-order valence-corrected chi connectivity index (χ2v) is 8.27. The Labute approximate surface area is 209 Å². The SMILES string of the molecule is CCOc1ncc(-c2cccc(C(=O)O)c2)cc1CC1(C(=O)c2ccc(C(F)(F)F)cc2F)C=CC=N1. The third kappa shape index (κ3) is 5.28. The number of ketones is 1. The Balaban J connectivity index is 1.76. The molecule has 2 aromatic carbocycles. The van der Waals surface area contributed by atoms with Crippen LogP contribution in [0.4, 0.5) is 17.6 Å². The molecule has 1 atom stereocenters. The largest absolute Gasteiger partial charge is 0.478 e. The summed E-state index contributed by atoms with van der Waals surface area (Å²) < 4.78 is 59.3. The fraction of sp³-hybridized carbons (Fsp3) is 0.185. The van der Waals surface area contributed by atoms with Gasteiger partial charge < -0.3 is 9.84 Å². The van der Waals surface area contributed by atoms with E-state index < -0.39 is 40.4 Å². The van der Waals surface area contributed by atoms with Crippen LogP contribution < -0.4 is 4.74 Å². The molecule has 1 aliphatic heterocycles. The van der Waals surface area contributed by atoms with Crippen molar-refractivity contribution in [1.82, 2.24) is 4.98 Å². The maximum absolute atomic E-state index is 14.7. The van der Waals surface area contributed by atoms with Crippen LogP contribution in [0.1, 0.15) is 38.8 Å². The summed E-state index contributed by atoms with van der Waals surface area (Å²) in [4.78, 5) is 33.5. The first-order valence-electron chi connectivity index (χ1n) is 11.1. The molecule has 0 radical (unpaired) electrons. The third-order valence-corrected chi connectivity index (χ3v) is 5.81. The number of ether oxygens (including phenoxy) is 1. The Morgan fingerprint density at radius 1 is 1.08 bits per heavy atom. The second kappa shape index (κ2) is 9.96. The molecular weight excluding hydrogens is 492 g/mol. The summed E-state index contributed by atoms with van der Waals surface area (Å²) in [6, 6.07) is 9.59. The van der Waals surface area contributed by atoms with Gasteiger partial charge in [0.2, 0.25) is 5.88 Å². The van der Waals surface area contributed by atoms with Gasteiger partial charge >= 0.3 is 12.1 Å². The molecule has 0 saturated carbocycles. The Kier molecular flexibility index (Phi) is 6.93. The average Bonchev–Trinajstić information content (AvgIpc) is 3.34. The third-order valence-electron chi connectivity index (χ3n) is 5.81. The standard InChI is InChI=1S/C27H20F4N2O4/c1-2-37-24-18(12-19(15-32-24)16-5-3-6-17(11-16)25(35)36)14-26(9-4-10-33-26)23(34)21-8-7-20(13-22(21)28)27(29,30)31/h3-13,15H,2,14H2,1H3,(H,35,36). The molecule has 37 heavy (non-hydrogen) atoms. The molecule has 1 aliphatic rings. The van der Waals surface area contributed by atoms with Gasteiger partial charge in [-0.05, 0) is 61.0 Å². The molecule has 190 valence electrons. The number of carboxylic acids is 1. The lowest BCUT2D eigenvalue weighted by Crippen LogP contribution is -2.37. The number of aromatic nitrogens is 1. The lowest BCUT2D eigenvalue weighted by molar-refractivity contribution is -0.137. The lowest BCUT2D eigenvalue weighted by atomic mass is 9.83. The Morgan fingerprint density at radius 3 is 2.49 bits per heavy atom. The molecule has 0 spiro atoms. The number of hydrogen-bond acceptors (Lipinski definition) is 5. The Morgan fingerprint density at radius 2 is 1.86 bits per heavy atom. The van der Waals surface area contributed by atoms with E-state index in [4.69, 9.17) is 4.74 Å². The van der Waals surface area contributed by atoms with E-state index in [9.17, 15) is 32.3 Å². The Hall–Kier alpha value is -4.34. The van der Waals surface area contributed by atoms with Crippen LogP contribution in [0.15, 0.2) is 71.9 Å². The number of carbonyl (C=O) groups is 2. The van der Waals surface area contributed by atoms with E-state index in [1.807, 2.05) is 0 Å². The first-order chi connectivity index (χ1) is 17.5. The molecule has 10 heteroatoms. The number of hydrogen-bond donors (Lipinski definition) is 1. The number of rotatable bonds is 8. The average molecular weight is 512 g/mol. The van der Waals surface area contributed by atoms with Crippen LogP contribution in [0.5, 0.6) is 5.88 Å². The minimum Gasteiger partial charge on any atom is -0.478 e. The second-order valence-electron chi connectivity index (χ2n) is 8.27. The molecule has 0 bridgehead atoms. The predicted octanol–water partition coefficient (Wildman–Crippen LogP) is 5.81. The predicted molar refractivity (Wildman–Crippen MR) is 128 cm³/mol. The van der Waals surface area contributed by atoms with Crippen molar-refractivity contribution in [3.05, 3.63) is 95.0 Å². The van der Waals surface area contributed by atoms with Crippen LogP contribution in [0, 0.1) is 5.82 Å². The number of halogens is 4. The molecule has 0 amide bonds. The number of Topliss-reactive ketones (excluding diaryl/α,β-unsaturated/α-hetero) is 1. The van der Waals surface area contributed by atoms with E-state index in [-0.39, 0.29) is 30.5 Å². The van der Waals surface area contributed by atoms with Crippen molar-refractivity contribution in [2.24, 2.45) is 4.99 Å². The molecule has 0 aliphatic carbocycles. The van der Waals surface area contributed by atoms with Crippen molar-refractivity contribution in [2.45, 2.75) is 25.1 Å². The molecule has 0 saturated heterocycles. The minimum atomic E-state index is -4.76. The van der Waals surface area contributed by atoms with E-state index in [1.165, 1.54) is 36.7 Å². The zero-order chi connectivity index (χ0) is 26.8. The van der Waals surface area contributed by atoms with Crippen molar-refractivity contribution in [1.29, 1.82) is 0 Å². The van der Waals surface area contributed by atoms with Gasteiger partial charge in [-0.2, -0.15) is 13.2 Å². The number of pyridine rings is 1. The van der Waals surface area contributed by atoms with Gasteiger partial charge in [0.25, 0.3) is 0 Å². The number of nitrogens with zero attached hydrogens (tertiary/aromatic N) is 2. The molecular formula is C27H20F4N2O4. The van der Waals surface area contributed by atoms with E-state index in [1.54, 1.807) is 25.1 Å². The summed E-state index contributed by atoms with van der Waals surface area (Å²) in [6.45, 7) is 1.99. The van der Waals surface area contributed by atoms with Gasteiger partial charge in [-0.3, -0.25) is 9.79 Å². The quantitative estimate of drug-likeness (QED) is 0.304. The lowest BCUT2D eigenvalue weighted by Gasteiger charge is -2.24. The van der Waals surface area contributed by atoms with Crippen LogP contribution in [0.3, 0.4) is 0 Å². The van der Waals surface area contributed by atoms with Crippen LogP contribution in [0.25, 0.3) is 11.1 Å². The Bertz CT molecular complexity index is 1420. The van der Waals surface area contributed by atoms with Gasteiger partial charge in [0.1, 0.15) is 11.4 Å². The zero-order valence-electron chi connectivity index (χ0n) is 19.4. The number of benzene rings is 2. The smallest absolute Gasteiger partial charge is 0.416 e. The highest BCUT2D eigenvalue weighted by Gasteiger charge is 2.41. The molecule has 1 unspecified atom stereocenters. The number of carbonyl (C=O) groups excluding carboxylic acids is 1. The van der Waals surface area contributed by atoms with Crippen LogP contribution >= 0.6 is 0 Å². The summed E-state index contributed by atoms with van der Waals surface area (Å²) in [5.41, 5.74) is -1.80. The monoisotopic (exact) mass is 512 g/mol. The fourth-order valence-electron chi connectivity index (χ4n) is 4.02. The zero-order valence-corrected chi connectivity index (χ0v) is 19.4. The molecule has 2 heterocycles. The van der Waals surface area contributed by atoms with Gasteiger partial charge in [-0.25, -0.2) is 14.2 Å². The molecule has 1 N–H and O–H groups in total. The highest BCUT2D eigenvalue weighted by molar-refractivity contribution is 6.07. The topological polar surface area (TPSA) is 88.9 Å².